The molecule has 82 valence electrons. The molecule has 0 spiro atoms. The molecule has 0 unspecified atom stereocenters. The van der Waals surface area contributed by atoms with E-state index >= 15 is 0 Å². The zero-order chi connectivity index (χ0) is 11.5. The number of nitrogens with zero attached hydrogens (tertiary/aromatic N) is 1. The van der Waals surface area contributed by atoms with E-state index in [-0.39, 0.29) is 0 Å². The number of rotatable bonds is 2. The number of hydrogen-bond acceptors (Lipinski definition) is 4. The number of nitrogen functional groups attached to an aromatic ring is 2. The van der Waals surface area contributed by atoms with Gasteiger partial charge >= 0.3 is 0 Å². The Labute approximate surface area is 98.2 Å². The monoisotopic (exact) mass is 234 g/mol. The first-order valence-electron chi connectivity index (χ1n) is 4.70. The molecule has 1 aromatic heterocycles. The zero-order valence-electron chi connectivity index (χ0n) is 8.44. The average Bonchev–Trinajstić information content (AvgIpc) is 2.24. The fourth-order valence-electron chi connectivity index (χ4n) is 1.27. The number of benzene rings is 1. The van der Waals surface area contributed by atoms with Crippen molar-refractivity contribution >= 4 is 34.6 Å². The Morgan fingerprint density at radius 1 is 1.12 bits per heavy atom. The smallest absolute Gasteiger partial charge is 0.149 e. The molecular formula is C11H11ClN4. The summed E-state index contributed by atoms with van der Waals surface area (Å²) in [7, 11) is 0. The van der Waals surface area contributed by atoms with Gasteiger partial charge in [0, 0.05) is 10.7 Å². The lowest BCUT2D eigenvalue weighted by Gasteiger charge is -2.07. The van der Waals surface area contributed by atoms with Crippen molar-refractivity contribution in [3.8, 4) is 0 Å². The molecule has 16 heavy (non-hydrogen) atoms. The second-order valence-electron chi connectivity index (χ2n) is 3.31. The van der Waals surface area contributed by atoms with Gasteiger partial charge < -0.3 is 16.8 Å². The molecule has 0 fully saturated rings. The Bertz CT molecular complexity index is 513. The number of anilines is 4. The number of nitrogens with two attached hydrogens (primary N) is 2. The molecule has 0 aliphatic heterocycles. The van der Waals surface area contributed by atoms with Crippen LogP contribution in [0.3, 0.4) is 0 Å². The maximum Gasteiger partial charge on any atom is 0.149 e. The van der Waals surface area contributed by atoms with Crippen molar-refractivity contribution in [2.24, 2.45) is 0 Å². The second-order valence-corrected chi connectivity index (χ2v) is 3.74. The minimum absolute atomic E-state index is 0.312. The Hall–Kier alpha value is -1.94. The number of pyridine rings is 1. The number of nitrogens with one attached hydrogen (secondary N) is 1. The van der Waals surface area contributed by atoms with Gasteiger partial charge in [-0.2, -0.15) is 0 Å². The summed E-state index contributed by atoms with van der Waals surface area (Å²) in [6.07, 6.45) is 0. The van der Waals surface area contributed by atoms with E-state index in [1.807, 2.05) is 12.1 Å². The van der Waals surface area contributed by atoms with Gasteiger partial charge in [-0.1, -0.05) is 17.7 Å². The summed E-state index contributed by atoms with van der Waals surface area (Å²) in [5, 5.41) is 3.74. The largest absolute Gasteiger partial charge is 0.396 e. The molecule has 1 heterocycles. The quantitative estimate of drug-likeness (QED) is 0.747. The number of halogens is 1. The van der Waals surface area contributed by atoms with Crippen molar-refractivity contribution in [3.63, 3.8) is 0 Å². The summed E-state index contributed by atoms with van der Waals surface area (Å²) < 4.78 is 0. The highest BCUT2D eigenvalue weighted by Gasteiger charge is 2.00. The third-order valence-electron chi connectivity index (χ3n) is 2.05. The predicted octanol–water partition coefficient (Wildman–Crippen LogP) is 2.64. The Kier molecular flexibility index (Phi) is 2.83. The first-order valence-corrected chi connectivity index (χ1v) is 5.07. The Morgan fingerprint density at radius 2 is 1.94 bits per heavy atom. The van der Waals surface area contributed by atoms with E-state index in [2.05, 4.69) is 10.3 Å². The molecule has 1 aromatic carbocycles. The van der Waals surface area contributed by atoms with E-state index in [1.54, 1.807) is 24.3 Å². The average molecular weight is 235 g/mol. The van der Waals surface area contributed by atoms with Crippen LogP contribution in [0.2, 0.25) is 5.02 Å². The van der Waals surface area contributed by atoms with Crippen molar-refractivity contribution in [2.75, 3.05) is 16.8 Å². The van der Waals surface area contributed by atoms with Crippen LogP contribution in [-0.2, 0) is 0 Å². The highest BCUT2D eigenvalue weighted by Crippen LogP contribution is 2.21. The van der Waals surface area contributed by atoms with Gasteiger partial charge in [0.2, 0.25) is 0 Å². The second kappa shape index (κ2) is 4.28. The van der Waals surface area contributed by atoms with Crippen LogP contribution < -0.4 is 16.8 Å². The first-order chi connectivity index (χ1) is 7.65. The summed E-state index contributed by atoms with van der Waals surface area (Å²) in [6, 6.07) is 10.8. The third kappa shape index (κ3) is 2.35. The maximum atomic E-state index is 5.86. The molecule has 0 amide bonds. The molecule has 0 bridgehead atoms. The van der Waals surface area contributed by atoms with Crippen LogP contribution in [0.1, 0.15) is 0 Å². The molecular weight excluding hydrogens is 224 g/mol. The molecule has 2 aromatic rings. The fraction of sp³-hybridized carbons (Fsp3) is 0. The van der Waals surface area contributed by atoms with Crippen LogP contribution in [0.4, 0.5) is 23.0 Å². The number of hydrogen-bond donors (Lipinski definition) is 3. The molecule has 5 N–H and O–H groups in total. The Morgan fingerprint density at radius 3 is 2.62 bits per heavy atom. The lowest BCUT2D eigenvalue weighted by Crippen LogP contribution is -2.00. The van der Waals surface area contributed by atoms with E-state index in [4.69, 9.17) is 23.1 Å². The van der Waals surface area contributed by atoms with E-state index in [9.17, 15) is 0 Å². The predicted molar refractivity (Wildman–Crippen MR) is 67.8 cm³/mol. The van der Waals surface area contributed by atoms with Gasteiger partial charge in [0.25, 0.3) is 0 Å². The van der Waals surface area contributed by atoms with Crippen LogP contribution in [-0.4, -0.2) is 4.98 Å². The normalized spacial score (nSPS) is 10.1. The first kappa shape index (κ1) is 10.6. The lowest BCUT2D eigenvalue weighted by atomic mass is 10.3. The van der Waals surface area contributed by atoms with Gasteiger partial charge in [-0.15, -0.1) is 0 Å². The summed E-state index contributed by atoms with van der Waals surface area (Å²) in [6.45, 7) is 0. The Balaban J connectivity index is 2.24. The zero-order valence-corrected chi connectivity index (χ0v) is 9.20. The summed E-state index contributed by atoms with van der Waals surface area (Å²) >= 11 is 5.86. The van der Waals surface area contributed by atoms with E-state index < -0.39 is 0 Å². The highest BCUT2D eigenvalue weighted by atomic mass is 35.5. The highest BCUT2D eigenvalue weighted by molar-refractivity contribution is 6.30. The topological polar surface area (TPSA) is 77.0 Å². The van der Waals surface area contributed by atoms with Gasteiger partial charge in [-0.25, -0.2) is 4.98 Å². The van der Waals surface area contributed by atoms with Gasteiger partial charge in [0.05, 0.1) is 5.69 Å². The molecule has 2 rings (SSSR count). The minimum Gasteiger partial charge on any atom is -0.396 e. The van der Waals surface area contributed by atoms with Crippen LogP contribution >= 0.6 is 11.6 Å². The van der Waals surface area contributed by atoms with Crippen molar-refractivity contribution in [3.05, 3.63) is 41.4 Å². The van der Waals surface area contributed by atoms with Gasteiger partial charge in [0.15, 0.2) is 0 Å². The summed E-state index contributed by atoms with van der Waals surface area (Å²) in [5.41, 5.74) is 12.5. The molecule has 4 nitrogen and oxygen atoms in total. The molecule has 0 radical (unpaired) electrons. The summed E-state index contributed by atoms with van der Waals surface area (Å²) in [5.74, 6) is 0.945. The van der Waals surface area contributed by atoms with Crippen molar-refractivity contribution < 1.29 is 0 Å². The third-order valence-corrected chi connectivity index (χ3v) is 2.29. The van der Waals surface area contributed by atoms with Crippen LogP contribution in [0.5, 0.6) is 0 Å². The van der Waals surface area contributed by atoms with Crippen LogP contribution in [0.15, 0.2) is 36.4 Å². The summed E-state index contributed by atoms with van der Waals surface area (Å²) in [4.78, 5) is 4.10. The molecule has 0 saturated carbocycles. The van der Waals surface area contributed by atoms with Gasteiger partial charge in [0.1, 0.15) is 11.6 Å². The van der Waals surface area contributed by atoms with Crippen molar-refractivity contribution in [2.45, 2.75) is 0 Å². The van der Waals surface area contributed by atoms with Gasteiger partial charge in [-0.05, 0) is 30.3 Å². The standard InChI is InChI=1S/C11H11ClN4/c12-7-2-1-3-8(6-7)15-10-5-4-9(13)11(14)16-10/h1-6H,13H2,(H3,14,15,16). The van der Waals surface area contributed by atoms with Gasteiger partial charge in [-0.3, -0.25) is 0 Å². The van der Waals surface area contributed by atoms with E-state index in [1.165, 1.54) is 0 Å². The van der Waals surface area contributed by atoms with Crippen molar-refractivity contribution in [1.82, 2.24) is 4.98 Å². The number of aromatic nitrogens is 1. The SMILES string of the molecule is Nc1ccc(Nc2cccc(Cl)c2)nc1N. The molecule has 0 aliphatic rings. The maximum absolute atomic E-state index is 5.86. The van der Waals surface area contributed by atoms with E-state index in [0.29, 0.717) is 22.3 Å². The molecule has 0 atom stereocenters. The molecule has 0 saturated heterocycles. The molecule has 0 aliphatic carbocycles. The molecule has 5 heteroatoms. The minimum atomic E-state index is 0.312. The lowest BCUT2D eigenvalue weighted by molar-refractivity contribution is 1.32. The van der Waals surface area contributed by atoms with E-state index in [0.717, 1.165) is 5.69 Å². The van der Waals surface area contributed by atoms with Crippen LogP contribution in [0.25, 0.3) is 0 Å². The van der Waals surface area contributed by atoms with Crippen molar-refractivity contribution in [1.29, 1.82) is 0 Å². The van der Waals surface area contributed by atoms with Crippen LogP contribution in [0, 0.1) is 0 Å². The fourth-order valence-corrected chi connectivity index (χ4v) is 1.46.